The van der Waals surface area contributed by atoms with Gasteiger partial charge in [-0.3, -0.25) is 4.79 Å². The molecule has 2 aromatic carbocycles. The summed E-state index contributed by atoms with van der Waals surface area (Å²) in [5.74, 6) is 2.84. The van der Waals surface area contributed by atoms with E-state index in [4.69, 9.17) is 4.74 Å². The van der Waals surface area contributed by atoms with Crippen LogP contribution in [0.5, 0.6) is 5.75 Å². The minimum absolute atomic E-state index is 0.109. The van der Waals surface area contributed by atoms with Crippen molar-refractivity contribution < 1.29 is 9.53 Å². The van der Waals surface area contributed by atoms with Crippen LogP contribution in [0.4, 0.5) is 23.0 Å². The van der Waals surface area contributed by atoms with Crippen molar-refractivity contribution in [2.75, 3.05) is 29.6 Å². The number of benzene rings is 2. The summed E-state index contributed by atoms with van der Waals surface area (Å²) in [7, 11) is 1.67. The Labute approximate surface area is 170 Å². The number of amides is 1. The van der Waals surface area contributed by atoms with E-state index in [-0.39, 0.29) is 5.91 Å². The van der Waals surface area contributed by atoms with Crippen LogP contribution in [0.3, 0.4) is 0 Å². The van der Waals surface area contributed by atoms with Crippen molar-refractivity contribution in [1.29, 1.82) is 0 Å². The molecule has 0 bridgehead atoms. The molecule has 0 spiro atoms. The van der Waals surface area contributed by atoms with Crippen molar-refractivity contribution >= 4 is 28.9 Å². The van der Waals surface area contributed by atoms with Crippen LogP contribution in [0.2, 0.25) is 0 Å². The van der Waals surface area contributed by atoms with Crippen LogP contribution >= 0.6 is 0 Å². The minimum atomic E-state index is -0.109. The minimum Gasteiger partial charge on any atom is -0.497 e. The molecular weight excluding hydrogens is 366 g/mol. The molecule has 1 aromatic heterocycles. The largest absolute Gasteiger partial charge is 0.497 e. The highest BCUT2D eigenvalue weighted by Crippen LogP contribution is 2.21. The van der Waals surface area contributed by atoms with Gasteiger partial charge in [0.25, 0.3) is 0 Å². The third kappa shape index (κ3) is 6.21. The van der Waals surface area contributed by atoms with E-state index in [1.807, 2.05) is 55.5 Å². The Bertz CT molecular complexity index is 990. The maximum absolute atomic E-state index is 11.2. The SMILES string of the molecule is COc1cccc(CCNc2cc(Nc3cccc(NC(C)=O)c3)nc(C)n2)c1. The molecule has 0 aliphatic carbocycles. The highest BCUT2D eigenvalue weighted by atomic mass is 16.5. The van der Waals surface area contributed by atoms with Crippen LogP contribution in [0, 0.1) is 6.92 Å². The van der Waals surface area contributed by atoms with Gasteiger partial charge >= 0.3 is 0 Å². The van der Waals surface area contributed by atoms with Gasteiger partial charge < -0.3 is 20.7 Å². The molecule has 0 saturated carbocycles. The molecule has 3 aromatic rings. The second-order valence-electron chi connectivity index (χ2n) is 6.60. The number of carbonyl (C=O) groups excluding carboxylic acids is 1. The highest BCUT2D eigenvalue weighted by Gasteiger charge is 2.04. The average molecular weight is 391 g/mol. The first-order valence-electron chi connectivity index (χ1n) is 9.39. The van der Waals surface area contributed by atoms with Crippen molar-refractivity contribution in [2.24, 2.45) is 0 Å². The molecule has 7 heteroatoms. The van der Waals surface area contributed by atoms with Gasteiger partial charge in [-0.05, 0) is 49.2 Å². The van der Waals surface area contributed by atoms with E-state index in [1.54, 1.807) is 7.11 Å². The van der Waals surface area contributed by atoms with Crippen LogP contribution in [-0.4, -0.2) is 29.5 Å². The fraction of sp³-hybridized carbons (Fsp3) is 0.227. The number of hydrogen-bond acceptors (Lipinski definition) is 6. The smallest absolute Gasteiger partial charge is 0.221 e. The van der Waals surface area contributed by atoms with Gasteiger partial charge in [0.2, 0.25) is 5.91 Å². The molecule has 0 aliphatic rings. The topological polar surface area (TPSA) is 88.2 Å². The summed E-state index contributed by atoms with van der Waals surface area (Å²) in [6.07, 6.45) is 0.849. The van der Waals surface area contributed by atoms with E-state index in [0.717, 1.165) is 35.9 Å². The first kappa shape index (κ1) is 20.1. The highest BCUT2D eigenvalue weighted by molar-refractivity contribution is 5.89. The lowest BCUT2D eigenvalue weighted by Gasteiger charge is -2.11. The zero-order chi connectivity index (χ0) is 20.6. The summed E-state index contributed by atoms with van der Waals surface area (Å²) in [6, 6.07) is 17.4. The fourth-order valence-corrected chi connectivity index (χ4v) is 2.91. The van der Waals surface area contributed by atoms with Crippen LogP contribution in [0.15, 0.2) is 54.6 Å². The summed E-state index contributed by atoms with van der Waals surface area (Å²) < 4.78 is 5.26. The van der Waals surface area contributed by atoms with Crippen LogP contribution in [-0.2, 0) is 11.2 Å². The first-order chi connectivity index (χ1) is 14.0. The number of aryl methyl sites for hydroxylation is 1. The van der Waals surface area contributed by atoms with Gasteiger partial charge in [-0.15, -0.1) is 0 Å². The van der Waals surface area contributed by atoms with E-state index in [1.165, 1.54) is 12.5 Å². The Hall–Kier alpha value is -3.61. The van der Waals surface area contributed by atoms with E-state index in [0.29, 0.717) is 11.6 Å². The summed E-state index contributed by atoms with van der Waals surface area (Å²) in [4.78, 5) is 20.1. The number of ether oxygens (including phenoxy) is 1. The molecule has 0 fully saturated rings. The number of aromatic nitrogens is 2. The van der Waals surface area contributed by atoms with Gasteiger partial charge in [-0.1, -0.05) is 18.2 Å². The Kier molecular flexibility index (Phi) is 6.63. The molecular formula is C22H25N5O2. The second-order valence-corrected chi connectivity index (χ2v) is 6.60. The summed E-state index contributed by atoms with van der Waals surface area (Å²) in [6.45, 7) is 4.07. The van der Waals surface area contributed by atoms with E-state index >= 15 is 0 Å². The first-order valence-corrected chi connectivity index (χ1v) is 9.39. The average Bonchev–Trinajstić information content (AvgIpc) is 2.67. The third-order valence-corrected chi connectivity index (χ3v) is 4.15. The Morgan fingerprint density at radius 2 is 1.76 bits per heavy atom. The second kappa shape index (κ2) is 9.54. The summed E-state index contributed by atoms with van der Waals surface area (Å²) in [5.41, 5.74) is 2.75. The molecule has 0 radical (unpaired) electrons. The standard InChI is InChI=1S/C22H25N5O2/c1-15-24-21(23-11-10-17-6-4-9-20(12-17)29-3)14-22(25-15)27-19-8-5-7-18(13-19)26-16(2)28/h4-9,12-14H,10-11H2,1-3H3,(H,26,28)(H2,23,24,25,27). The zero-order valence-corrected chi connectivity index (χ0v) is 16.8. The number of nitrogens with one attached hydrogen (secondary N) is 3. The lowest BCUT2D eigenvalue weighted by atomic mass is 10.1. The normalized spacial score (nSPS) is 10.3. The number of methoxy groups -OCH3 is 1. The van der Waals surface area contributed by atoms with E-state index < -0.39 is 0 Å². The molecule has 0 atom stereocenters. The van der Waals surface area contributed by atoms with Gasteiger partial charge in [0.1, 0.15) is 23.2 Å². The lowest BCUT2D eigenvalue weighted by molar-refractivity contribution is -0.114. The number of hydrogen-bond donors (Lipinski definition) is 3. The molecule has 0 saturated heterocycles. The molecule has 0 unspecified atom stereocenters. The number of rotatable bonds is 8. The molecule has 1 heterocycles. The van der Waals surface area contributed by atoms with Crippen molar-refractivity contribution in [2.45, 2.75) is 20.3 Å². The van der Waals surface area contributed by atoms with Crippen LogP contribution < -0.4 is 20.7 Å². The predicted octanol–water partition coefficient (Wildman–Crippen LogP) is 4.15. The molecule has 150 valence electrons. The quantitative estimate of drug-likeness (QED) is 0.535. The number of anilines is 4. The zero-order valence-electron chi connectivity index (χ0n) is 16.8. The van der Waals surface area contributed by atoms with Gasteiger partial charge in [-0.2, -0.15) is 0 Å². The monoisotopic (exact) mass is 391 g/mol. The van der Waals surface area contributed by atoms with Crippen LogP contribution in [0.1, 0.15) is 18.3 Å². The Morgan fingerprint density at radius 3 is 2.55 bits per heavy atom. The number of nitrogens with zero attached hydrogens (tertiary/aromatic N) is 2. The van der Waals surface area contributed by atoms with Gasteiger partial charge in [0, 0.05) is 30.9 Å². The Balaban J connectivity index is 1.64. The van der Waals surface area contributed by atoms with Crippen molar-refractivity contribution in [3.8, 4) is 5.75 Å². The van der Waals surface area contributed by atoms with Gasteiger partial charge in [0.15, 0.2) is 0 Å². The molecule has 3 N–H and O–H groups in total. The van der Waals surface area contributed by atoms with Crippen molar-refractivity contribution in [3.63, 3.8) is 0 Å². The lowest BCUT2D eigenvalue weighted by Crippen LogP contribution is -2.09. The maximum Gasteiger partial charge on any atom is 0.221 e. The molecule has 29 heavy (non-hydrogen) atoms. The molecule has 1 amide bonds. The van der Waals surface area contributed by atoms with E-state index in [9.17, 15) is 4.79 Å². The van der Waals surface area contributed by atoms with Gasteiger partial charge in [0.05, 0.1) is 7.11 Å². The predicted molar refractivity (Wildman–Crippen MR) is 116 cm³/mol. The molecule has 0 aliphatic heterocycles. The van der Waals surface area contributed by atoms with Crippen molar-refractivity contribution in [1.82, 2.24) is 9.97 Å². The van der Waals surface area contributed by atoms with Gasteiger partial charge in [-0.25, -0.2) is 9.97 Å². The fourth-order valence-electron chi connectivity index (χ4n) is 2.91. The van der Waals surface area contributed by atoms with Crippen molar-refractivity contribution in [3.05, 3.63) is 66.0 Å². The van der Waals surface area contributed by atoms with Crippen LogP contribution in [0.25, 0.3) is 0 Å². The third-order valence-electron chi connectivity index (χ3n) is 4.15. The molecule has 3 rings (SSSR count). The maximum atomic E-state index is 11.2. The summed E-state index contributed by atoms with van der Waals surface area (Å²) in [5, 5.41) is 9.38. The molecule has 7 nitrogen and oxygen atoms in total. The Morgan fingerprint density at radius 1 is 1.00 bits per heavy atom. The van der Waals surface area contributed by atoms with E-state index in [2.05, 4.69) is 32.0 Å². The number of carbonyl (C=O) groups is 1. The summed E-state index contributed by atoms with van der Waals surface area (Å²) >= 11 is 0.